The van der Waals surface area contributed by atoms with Crippen molar-refractivity contribution >= 4 is 10.8 Å². The maximum atomic E-state index is 6.55. The predicted octanol–water partition coefficient (Wildman–Crippen LogP) is 3.35. The van der Waals surface area contributed by atoms with Crippen molar-refractivity contribution in [1.29, 1.82) is 0 Å². The van der Waals surface area contributed by atoms with Gasteiger partial charge in [0.05, 0.1) is 0 Å². The van der Waals surface area contributed by atoms with Gasteiger partial charge >= 0.3 is 0 Å². The molecule has 2 N–H and O–H groups in total. The average molecular weight is 226 g/mol. The zero-order chi connectivity index (χ0) is 11.7. The predicted molar refractivity (Wildman–Crippen MR) is 70.7 cm³/mol. The van der Waals surface area contributed by atoms with Gasteiger partial charge in [-0.05, 0) is 35.9 Å². The van der Waals surface area contributed by atoms with E-state index < -0.39 is 0 Å². The molecule has 2 heteroatoms. The Labute approximate surface area is 102 Å². The summed E-state index contributed by atoms with van der Waals surface area (Å²) in [7, 11) is 0. The summed E-state index contributed by atoms with van der Waals surface area (Å²) in [6.07, 6.45) is 9.81. The van der Waals surface area contributed by atoms with Gasteiger partial charge in [0, 0.05) is 23.3 Å². The second-order valence-electron chi connectivity index (χ2n) is 5.15. The van der Waals surface area contributed by atoms with Crippen LogP contribution in [0.5, 0.6) is 0 Å². The summed E-state index contributed by atoms with van der Waals surface area (Å²) in [5.74, 6) is 0. The van der Waals surface area contributed by atoms with E-state index in [9.17, 15) is 0 Å². The van der Waals surface area contributed by atoms with E-state index in [4.69, 9.17) is 5.73 Å². The normalized spacial score (nSPS) is 19.4. The van der Waals surface area contributed by atoms with Crippen LogP contribution in [0.25, 0.3) is 10.8 Å². The van der Waals surface area contributed by atoms with E-state index >= 15 is 0 Å². The molecule has 0 saturated heterocycles. The van der Waals surface area contributed by atoms with Crippen LogP contribution in [0.4, 0.5) is 0 Å². The molecule has 1 aromatic carbocycles. The fourth-order valence-corrected chi connectivity index (χ4v) is 2.87. The third-order valence-electron chi connectivity index (χ3n) is 3.96. The van der Waals surface area contributed by atoms with Crippen LogP contribution in [0.3, 0.4) is 0 Å². The number of aromatic nitrogens is 1. The second kappa shape index (κ2) is 4.11. The van der Waals surface area contributed by atoms with E-state index in [-0.39, 0.29) is 5.54 Å². The average Bonchev–Trinajstić information content (AvgIpc) is 2.39. The molecule has 0 aliphatic heterocycles. The molecule has 2 aromatic rings. The minimum absolute atomic E-state index is 0.109. The summed E-state index contributed by atoms with van der Waals surface area (Å²) >= 11 is 0. The molecule has 3 rings (SSSR count). The van der Waals surface area contributed by atoms with E-state index in [1.807, 2.05) is 18.5 Å². The molecular formula is C15H18N2. The standard InChI is InChI=1S/C15H18N2/c16-15(7-2-1-3-8-15)14-5-4-12-6-9-17-11-13(12)10-14/h4-6,9-11H,1-3,7-8,16H2. The maximum absolute atomic E-state index is 6.55. The van der Waals surface area contributed by atoms with E-state index in [1.165, 1.54) is 35.6 Å². The molecule has 1 aromatic heterocycles. The lowest BCUT2D eigenvalue weighted by Crippen LogP contribution is -2.38. The fourth-order valence-electron chi connectivity index (χ4n) is 2.87. The Morgan fingerprint density at radius 3 is 2.65 bits per heavy atom. The molecule has 0 unspecified atom stereocenters. The zero-order valence-electron chi connectivity index (χ0n) is 10.0. The summed E-state index contributed by atoms with van der Waals surface area (Å²) in [6.45, 7) is 0. The lowest BCUT2D eigenvalue weighted by Gasteiger charge is -2.34. The topological polar surface area (TPSA) is 38.9 Å². The third-order valence-corrected chi connectivity index (χ3v) is 3.96. The van der Waals surface area contributed by atoms with Crippen molar-refractivity contribution in [2.24, 2.45) is 5.73 Å². The van der Waals surface area contributed by atoms with Gasteiger partial charge in [-0.1, -0.05) is 31.4 Å². The van der Waals surface area contributed by atoms with Crippen LogP contribution in [0.15, 0.2) is 36.7 Å². The quantitative estimate of drug-likeness (QED) is 0.809. The summed E-state index contributed by atoms with van der Waals surface area (Å²) < 4.78 is 0. The molecule has 1 aliphatic carbocycles. The number of nitrogens with two attached hydrogens (primary N) is 1. The van der Waals surface area contributed by atoms with Gasteiger partial charge in [0.2, 0.25) is 0 Å². The molecule has 17 heavy (non-hydrogen) atoms. The third kappa shape index (κ3) is 1.93. The van der Waals surface area contributed by atoms with Gasteiger partial charge in [-0.25, -0.2) is 0 Å². The highest BCUT2D eigenvalue weighted by molar-refractivity contribution is 5.82. The van der Waals surface area contributed by atoms with Crippen molar-refractivity contribution in [3.63, 3.8) is 0 Å². The molecule has 0 radical (unpaired) electrons. The highest BCUT2D eigenvalue weighted by atomic mass is 14.7. The van der Waals surface area contributed by atoms with Gasteiger partial charge in [-0.2, -0.15) is 0 Å². The zero-order valence-corrected chi connectivity index (χ0v) is 10.0. The van der Waals surface area contributed by atoms with Crippen molar-refractivity contribution in [3.05, 3.63) is 42.2 Å². The van der Waals surface area contributed by atoms with Crippen LogP contribution in [-0.2, 0) is 5.54 Å². The summed E-state index contributed by atoms with van der Waals surface area (Å²) in [4.78, 5) is 4.18. The van der Waals surface area contributed by atoms with E-state index in [0.29, 0.717) is 0 Å². The van der Waals surface area contributed by atoms with Crippen LogP contribution < -0.4 is 5.73 Å². The SMILES string of the molecule is NC1(c2ccc3ccncc3c2)CCCCC1. The number of benzene rings is 1. The van der Waals surface area contributed by atoms with Crippen LogP contribution in [-0.4, -0.2) is 4.98 Å². The number of pyridine rings is 1. The van der Waals surface area contributed by atoms with Crippen molar-refractivity contribution in [2.75, 3.05) is 0 Å². The van der Waals surface area contributed by atoms with E-state index in [1.54, 1.807) is 0 Å². The molecule has 0 bridgehead atoms. The Kier molecular flexibility index (Phi) is 2.60. The fraction of sp³-hybridized carbons (Fsp3) is 0.400. The Bertz CT molecular complexity index is 527. The number of hydrogen-bond donors (Lipinski definition) is 1. The van der Waals surface area contributed by atoms with E-state index in [2.05, 4.69) is 23.2 Å². The Balaban J connectivity index is 2.05. The summed E-state index contributed by atoms with van der Waals surface area (Å²) in [5, 5.41) is 2.43. The monoisotopic (exact) mass is 226 g/mol. The number of rotatable bonds is 1. The first-order chi connectivity index (χ1) is 8.28. The Morgan fingerprint density at radius 1 is 1.00 bits per heavy atom. The minimum Gasteiger partial charge on any atom is -0.321 e. The summed E-state index contributed by atoms with van der Waals surface area (Å²) in [6, 6.07) is 8.61. The van der Waals surface area contributed by atoms with Crippen LogP contribution >= 0.6 is 0 Å². The van der Waals surface area contributed by atoms with Crippen molar-refractivity contribution < 1.29 is 0 Å². The molecule has 1 heterocycles. The molecular weight excluding hydrogens is 208 g/mol. The second-order valence-corrected chi connectivity index (χ2v) is 5.15. The maximum Gasteiger partial charge on any atom is 0.0409 e. The smallest absolute Gasteiger partial charge is 0.0409 e. The van der Waals surface area contributed by atoms with Gasteiger partial charge in [0.15, 0.2) is 0 Å². The lowest BCUT2D eigenvalue weighted by molar-refractivity contribution is 0.302. The van der Waals surface area contributed by atoms with Crippen molar-refractivity contribution in [3.8, 4) is 0 Å². The number of hydrogen-bond acceptors (Lipinski definition) is 2. The highest BCUT2D eigenvalue weighted by Gasteiger charge is 2.29. The summed E-state index contributed by atoms with van der Waals surface area (Å²) in [5.41, 5.74) is 7.72. The molecule has 1 saturated carbocycles. The van der Waals surface area contributed by atoms with E-state index in [0.717, 1.165) is 12.8 Å². The Hall–Kier alpha value is -1.41. The number of fused-ring (bicyclic) bond motifs is 1. The number of nitrogens with zero attached hydrogens (tertiary/aromatic N) is 1. The molecule has 1 fully saturated rings. The van der Waals surface area contributed by atoms with Gasteiger partial charge in [0.25, 0.3) is 0 Å². The molecule has 0 atom stereocenters. The van der Waals surface area contributed by atoms with Crippen LogP contribution in [0.2, 0.25) is 0 Å². The van der Waals surface area contributed by atoms with Gasteiger partial charge in [-0.15, -0.1) is 0 Å². The lowest BCUT2D eigenvalue weighted by atomic mass is 9.77. The highest BCUT2D eigenvalue weighted by Crippen LogP contribution is 2.35. The van der Waals surface area contributed by atoms with Gasteiger partial charge < -0.3 is 5.73 Å². The van der Waals surface area contributed by atoms with Crippen LogP contribution in [0, 0.1) is 0 Å². The first-order valence-corrected chi connectivity index (χ1v) is 6.41. The largest absolute Gasteiger partial charge is 0.321 e. The Morgan fingerprint density at radius 2 is 1.82 bits per heavy atom. The molecule has 0 spiro atoms. The molecule has 88 valence electrons. The first-order valence-electron chi connectivity index (χ1n) is 6.41. The molecule has 1 aliphatic rings. The van der Waals surface area contributed by atoms with Crippen molar-refractivity contribution in [1.82, 2.24) is 4.98 Å². The van der Waals surface area contributed by atoms with Crippen LogP contribution in [0.1, 0.15) is 37.7 Å². The minimum atomic E-state index is -0.109. The van der Waals surface area contributed by atoms with Gasteiger partial charge in [-0.3, -0.25) is 4.98 Å². The first kappa shape index (κ1) is 10.7. The molecule has 2 nitrogen and oxygen atoms in total. The van der Waals surface area contributed by atoms with Crippen molar-refractivity contribution in [2.45, 2.75) is 37.6 Å². The molecule has 0 amide bonds. The van der Waals surface area contributed by atoms with Gasteiger partial charge in [0.1, 0.15) is 0 Å².